The highest BCUT2D eigenvalue weighted by atomic mass is 19.2. The molecule has 0 saturated carbocycles. The summed E-state index contributed by atoms with van der Waals surface area (Å²) in [6.45, 7) is 6.08. The fourth-order valence-electron chi connectivity index (χ4n) is 3.92. The van der Waals surface area contributed by atoms with Crippen molar-refractivity contribution in [3.63, 3.8) is 0 Å². The van der Waals surface area contributed by atoms with Gasteiger partial charge in [0.15, 0.2) is 41.4 Å². The SMILES string of the molecule is C=C(OC)/C(F)=C1\C(=C/C)c2ccc(OCc3ccc(CCC)c(F)c3F)c(F)c2C(F)C1F. The van der Waals surface area contributed by atoms with E-state index >= 15 is 8.78 Å². The molecule has 8 heteroatoms. The van der Waals surface area contributed by atoms with Crippen LogP contribution in [0.25, 0.3) is 5.57 Å². The number of hydrogen-bond donors (Lipinski definition) is 0. The molecule has 0 saturated heterocycles. The molecule has 0 aliphatic heterocycles. The molecule has 1 aliphatic rings. The fourth-order valence-corrected chi connectivity index (χ4v) is 3.92. The van der Waals surface area contributed by atoms with Crippen molar-refractivity contribution in [2.24, 2.45) is 0 Å². The van der Waals surface area contributed by atoms with Crippen LogP contribution >= 0.6 is 0 Å². The van der Waals surface area contributed by atoms with E-state index in [2.05, 4.69) is 6.58 Å². The van der Waals surface area contributed by atoms with Gasteiger partial charge in [0.1, 0.15) is 12.4 Å². The zero-order valence-corrected chi connectivity index (χ0v) is 19.0. The van der Waals surface area contributed by atoms with Gasteiger partial charge >= 0.3 is 0 Å². The van der Waals surface area contributed by atoms with Crippen LogP contribution < -0.4 is 4.74 Å². The Kier molecular flexibility index (Phi) is 7.79. The summed E-state index contributed by atoms with van der Waals surface area (Å²) in [5.41, 5.74) is -1.35. The molecular weight excluding hydrogens is 458 g/mol. The van der Waals surface area contributed by atoms with Crippen LogP contribution in [0.2, 0.25) is 0 Å². The van der Waals surface area contributed by atoms with Gasteiger partial charge < -0.3 is 9.47 Å². The second kappa shape index (κ2) is 10.4. The molecule has 0 N–H and O–H groups in total. The predicted octanol–water partition coefficient (Wildman–Crippen LogP) is 7.78. The predicted molar refractivity (Wildman–Crippen MR) is 118 cm³/mol. The first-order valence-electron chi connectivity index (χ1n) is 10.7. The molecule has 182 valence electrons. The third kappa shape index (κ3) is 4.45. The number of benzene rings is 2. The summed E-state index contributed by atoms with van der Waals surface area (Å²) in [4.78, 5) is 0. The van der Waals surface area contributed by atoms with Crippen molar-refractivity contribution in [1.82, 2.24) is 0 Å². The van der Waals surface area contributed by atoms with Crippen molar-refractivity contribution in [1.29, 1.82) is 0 Å². The highest BCUT2D eigenvalue weighted by molar-refractivity contribution is 5.85. The van der Waals surface area contributed by atoms with Crippen LogP contribution in [0.15, 0.2) is 54.1 Å². The molecule has 2 nitrogen and oxygen atoms in total. The summed E-state index contributed by atoms with van der Waals surface area (Å²) < 4.78 is 98.4. The number of halogens is 6. The number of aryl methyl sites for hydroxylation is 1. The first-order valence-corrected chi connectivity index (χ1v) is 10.7. The van der Waals surface area contributed by atoms with Gasteiger partial charge in [0.05, 0.1) is 7.11 Å². The number of fused-ring (bicyclic) bond motifs is 1. The van der Waals surface area contributed by atoms with E-state index < -0.39 is 64.9 Å². The van der Waals surface area contributed by atoms with Gasteiger partial charge in [-0.25, -0.2) is 26.3 Å². The molecule has 0 heterocycles. The molecule has 0 aromatic heterocycles. The lowest BCUT2D eigenvalue weighted by Gasteiger charge is -2.30. The van der Waals surface area contributed by atoms with E-state index in [-0.39, 0.29) is 22.3 Å². The van der Waals surface area contributed by atoms with Crippen LogP contribution in [0.1, 0.15) is 48.7 Å². The van der Waals surface area contributed by atoms with Crippen molar-refractivity contribution in [2.75, 3.05) is 7.11 Å². The Hall–Kier alpha value is -3.16. The zero-order chi connectivity index (χ0) is 25.2. The minimum Gasteiger partial charge on any atom is -0.494 e. The number of methoxy groups -OCH3 is 1. The Bertz CT molecular complexity index is 1170. The first-order chi connectivity index (χ1) is 16.2. The lowest BCUT2D eigenvalue weighted by Crippen LogP contribution is -2.24. The van der Waals surface area contributed by atoms with Gasteiger partial charge in [-0.1, -0.05) is 44.2 Å². The molecule has 34 heavy (non-hydrogen) atoms. The average molecular weight is 482 g/mol. The zero-order valence-electron chi connectivity index (χ0n) is 19.0. The van der Waals surface area contributed by atoms with Crippen molar-refractivity contribution in [3.8, 4) is 5.75 Å². The maximum absolute atomic E-state index is 15.2. The van der Waals surface area contributed by atoms with Crippen molar-refractivity contribution >= 4 is 5.57 Å². The van der Waals surface area contributed by atoms with E-state index in [1.54, 1.807) is 0 Å². The Morgan fingerprint density at radius 2 is 1.65 bits per heavy atom. The van der Waals surface area contributed by atoms with Gasteiger partial charge in [0.2, 0.25) is 0 Å². The first kappa shape index (κ1) is 25.5. The van der Waals surface area contributed by atoms with E-state index in [0.717, 1.165) is 13.2 Å². The maximum atomic E-state index is 15.2. The summed E-state index contributed by atoms with van der Waals surface area (Å²) >= 11 is 0. The van der Waals surface area contributed by atoms with E-state index in [4.69, 9.17) is 9.47 Å². The van der Waals surface area contributed by atoms with Crippen molar-refractivity contribution < 1.29 is 35.8 Å². The third-order valence-corrected chi connectivity index (χ3v) is 5.69. The quantitative estimate of drug-likeness (QED) is 0.296. The van der Waals surface area contributed by atoms with Crippen LogP contribution in [0, 0.1) is 17.5 Å². The minimum atomic E-state index is -2.55. The largest absolute Gasteiger partial charge is 0.494 e. The van der Waals surface area contributed by atoms with Crippen LogP contribution in [-0.4, -0.2) is 13.3 Å². The van der Waals surface area contributed by atoms with E-state index in [1.807, 2.05) is 6.92 Å². The summed E-state index contributed by atoms with van der Waals surface area (Å²) in [5.74, 6) is -5.48. The molecule has 3 rings (SSSR count). The Balaban J connectivity index is 1.98. The maximum Gasteiger partial charge on any atom is 0.171 e. The molecule has 0 radical (unpaired) electrons. The summed E-state index contributed by atoms with van der Waals surface area (Å²) in [7, 11) is 1.13. The number of allylic oxidation sites excluding steroid dienone is 4. The lowest BCUT2D eigenvalue weighted by atomic mass is 9.80. The Morgan fingerprint density at radius 3 is 2.26 bits per heavy atom. The summed E-state index contributed by atoms with van der Waals surface area (Å²) in [5, 5.41) is 0. The number of hydrogen-bond acceptors (Lipinski definition) is 2. The van der Waals surface area contributed by atoms with Gasteiger partial charge in [0.25, 0.3) is 0 Å². The average Bonchev–Trinajstić information content (AvgIpc) is 2.83. The molecule has 2 atom stereocenters. The topological polar surface area (TPSA) is 18.5 Å². The smallest absolute Gasteiger partial charge is 0.171 e. The molecule has 2 aromatic rings. The number of rotatable bonds is 7. The molecule has 2 unspecified atom stereocenters. The van der Waals surface area contributed by atoms with E-state index in [9.17, 15) is 17.6 Å². The molecule has 0 spiro atoms. The van der Waals surface area contributed by atoms with Crippen molar-refractivity contribution in [3.05, 3.63) is 93.8 Å². The van der Waals surface area contributed by atoms with Gasteiger partial charge in [-0.15, -0.1) is 0 Å². The monoisotopic (exact) mass is 482 g/mol. The van der Waals surface area contributed by atoms with Gasteiger partial charge in [-0.2, -0.15) is 0 Å². The second-order valence-electron chi connectivity index (χ2n) is 7.75. The molecule has 0 fully saturated rings. The third-order valence-electron chi connectivity index (χ3n) is 5.69. The van der Waals surface area contributed by atoms with Crippen LogP contribution in [0.4, 0.5) is 26.3 Å². The van der Waals surface area contributed by atoms with E-state index in [1.165, 1.54) is 31.2 Å². The minimum absolute atomic E-state index is 0.0582. The number of alkyl halides is 2. The Morgan fingerprint density at radius 1 is 1.00 bits per heavy atom. The molecule has 0 bridgehead atoms. The van der Waals surface area contributed by atoms with Gasteiger partial charge in [-0.05, 0) is 36.1 Å². The summed E-state index contributed by atoms with van der Waals surface area (Å²) in [6, 6.07) is 5.15. The Labute approximate surface area is 194 Å². The highest BCUT2D eigenvalue weighted by Gasteiger charge is 2.41. The molecule has 2 aromatic carbocycles. The van der Waals surface area contributed by atoms with Gasteiger partial charge in [0, 0.05) is 16.7 Å². The fraction of sp³-hybridized carbons (Fsp3) is 0.308. The van der Waals surface area contributed by atoms with Crippen LogP contribution in [0.3, 0.4) is 0 Å². The lowest BCUT2D eigenvalue weighted by molar-refractivity contribution is 0.185. The number of ether oxygens (including phenoxy) is 2. The standard InChI is InChI=1S/C26H24F6O2/c1-5-7-14-8-9-15(23(29)22(14)28)12-34-18-11-10-17-16(6-2)19(21(27)13(3)33-4)25(31)26(32)20(17)24(18)30/h6,8-11,25-26H,3,5,7,12H2,1-2,4H3/b16-6-,21-19-. The van der Waals surface area contributed by atoms with Crippen LogP contribution in [0.5, 0.6) is 5.75 Å². The van der Waals surface area contributed by atoms with E-state index in [0.29, 0.717) is 12.8 Å². The highest BCUT2D eigenvalue weighted by Crippen LogP contribution is 2.49. The molecule has 0 amide bonds. The van der Waals surface area contributed by atoms with Crippen molar-refractivity contribution in [2.45, 2.75) is 45.6 Å². The second-order valence-corrected chi connectivity index (χ2v) is 7.75. The van der Waals surface area contributed by atoms with Gasteiger partial charge in [-0.3, -0.25) is 0 Å². The summed E-state index contributed by atoms with van der Waals surface area (Å²) in [6.07, 6.45) is -2.77. The molecular formula is C26H24F6O2. The van der Waals surface area contributed by atoms with Crippen LogP contribution in [-0.2, 0) is 17.8 Å². The molecule has 1 aliphatic carbocycles. The normalized spacial score (nSPS) is 20.2.